The molecule has 4 heteroatoms. The summed E-state index contributed by atoms with van der Waals surface area (Å²) in [4.78, 5) is 26.7. The van der Waals surface area contributed by atoms with Crippen molar-refractivity contribution in [1.29, 1.82) is 0 Å². The summed E-state index contributed by atoms with van der Waals surface area (Å²) in [5, 5.41) is 10.0. The van der Waals surface area contributed by atoms with E-state index in [-0.39, 0.29) is 33.4 Å². The monoisotopic (exact) mass is 496 g/mol. The zero-order valence-electron chi connectivity index (χ0n) is 23.7. The van der Waals surface area contributed by atoms with Crippen molar-refractivity contribution in [1.82, 2.24) is 0 Å². The topological polar surface area (TPSA) is 63.6 Å². The minimum Gasteiger partial charge on any atom is -0.515 e. The molecule has 0 aromatic rings. The van der Waals surface area contributed by atoms with E-state index in [1.165, 1.54) is 5.57 Å². The van der Waals surface area contributed by atoms with Crippen molar-refractivity contribution in [2.24, 2.45) is 56.7 Å². The maximum absolute atomic E-state index is 13.4. The molecule has 0 aromatic heterocycles. The Morgan fingerprint density at radius 3 is 2.28 bits per heavy atom. The van der Waals surface area contributed by atoms with Gasteiger partial charge in [-0.1, -0.05) is 46.8 Å². The Hall–Kier alpha value is -1.58. The fraction of sp³-hybridized carbons (Fsp3) is 0.812. The van der Waals surface area contributed by atoms with Crippen LogP contribution in [0, 0.1) is 56.7 Å². The highest BCUT2D eigenvalue weighted by atomic mass is 16.5. The number of fused-ring (bicyclic) bond motifs is 7. The van der Waals surface area contributed by atoms with Gasteiger partial charge in [-0.15, -0.1) is 0 Å². The average Bonchev–Trinajstić information content (AvgIpc) is 3.22. The first kappa shape index (κ1) is 26.0. The number of hydrogen-bond acceptors (Lipinski definition) is 4. The number of carbonyl (C=O) groups excluding carboxylic acids is 2. The van der Waals surface area contributed by atoms with E-state index >= 15 is 0 Å². The molecule has 5 saturated carbocycles. The van der Waals surface area contributed by atoms with Crippen molar-refractivity contribution < 1.29 is 19.4 Å². The molecule has 0 bridgehead atoms. The van der Waals surface area contributed by atoms with Crippen LogP contribution < -0.4 is 0 Å². The third-order valence-corrected chi connectivity index (χ3v) is 13.4. The van der Waals surface area contributed by atoms with Gasteiger partial charge in [0.15, 0.2) is 5.78 Å². The Kier molecular flexibility index (Phi) is 5.76. The van der Waals surface area contributed by atoms with Gasteiger partial charge in [-0.3, -0.25) is 9.59 Å². The normalized spacial score (nSPS) is 50.5. The fourth-order valence-electron chi connectivity index (χ4n) is 11.7. The second-order valence-corrected chi connectivity index (χ2v) is 14.7. The predicted molar refractivity (Wildman–Crippen MR) is 142 cm³/mol. The molecule has 9 atom stereocenters. The minimum absolute atomic E-state index is 0.00603. The summed E-state index contributed by atoms with van der Waals surface area (Å²) >= 11 is 0. The molecule has 5 aliphatic carbocycles. The third kappa shape index (κ3) is 2.94. The summed E-state index contributed by atoms with van der Waals surface area (Å²) in [6.07, 6.45) is 10.2. The summed E-state index contributed by atoms with van der Waals surface area (Å²) in [7, 11) is 1.56. The molecular formula is C32H48O4. The summed E-state index contributed by atoms with van der Waals surface area (Å²) in [5.74, 6) is 2.12. The van der Waals surface area contributed by atoms with Crippen LogP contribution in [-0.4, -0.2) is 24.0 Å². The summed E-state index contributed by atoms with van der Waals surface area (Å²) < 4.78 is 5.48. The number of Topliss-reactive ketones (excluding diaryl/α,β-unsaturated/α-hetero) is 1. The lowest BCUT2D eigenvalue weighted by molar-refractivity contribution is -0.232. The predicted octanol–water partition coefficient (Wildman–Crippen LogP) is 7.44. The number of methoxy groups -OCH3 is 1. The van der Waals surface area contributed by atoms with Gasteiger partial charge in [-0.2, -0.15) is 0 Å². The molecule has 5 rings (SSSR count). The SMILES string of the molecule is C=C(C)[C@H]1CC[C@]2(C(=O)OC)CC[C@]3(C)[C@H](CC[C@H]4[C@@]5(C)C/C(=C/O)C(=O)C(C)(C)[C@@H]5CC[C@]43C)[C@H]12. The Balaban J connectivity index is 1.59. The standard InChI is InChI=1S/C32H48O4/c1-19(2)21-11-14-32(27(35)36-8)16-15-30(6)22(25(21)32)9-10-24-29(5)17-20(18-33)26(34)28(3,4)23(29)12-13-31(24,30)7/h18,21-25,33H,1,9-17H2,2-8H3/b20-18-/t21-,22-,23+,24+,25+,29+,30-,31-,32+/m1/s1. The van der Waals surface area contributed by atoms with Gasteiger partial charge in [-0.05, 0) is 111 Å². The number of rotatable bonds is 2. The molecular weight excluding hydrogens is 448 g/mol. The molecule has 0 unspecified atom stereocenters. The van der Waals surface area contributed by atoms with Crippen LogP contribution in [0.5, 0.6) is 0 Å². The molecule has 4 nitrogen and oxygen atoms in total. The maximum atomic E-state index is 13.4. The van der Waals surface area contributed by atoms with Gasteiger partial charge in [0.2, 0.25) is 0 Å². The molecule has 0 aliphatic heterocycles. The van der Waals surface area contributed by atoms with E-state index in [9.17, 15) is 14.7 Å². The third-order valence-electron chi connectivity index (χ3n) is 13.4. The Morgan fingerprint density at radius 2 is 1.67 bits per heavy atom. The lowest BCUT2D eigenvalue weighted by Crippen LogP contribution is -2.67. The molecule has 0 saturated heterocycles. The van der Waals surface area contributed by atoms with Crippen LogP contribution in [0.3, 0.4) is 0 Å². The first-order valence-corrected chi connectivity index (χ1v) is 14.4. The molecule has 0 amide bonds. The van der Waals surface area contributed by atoms with Crippen molar-refractivity contribution in [2.75, 3.05) is 7.11 Å². The molecule has 0 radical (unpaired) electrons. The average molecular weight is 497 g/mol. The second kappa shape index (κ2) is 7.96. The molecule has 5 fully saturated rings. The number of ketones is 1. The van der Waals surface area contributed by atoms with Crippen molar-refractivity contribution in [3.05, 3.63) is 24.0 Å². The van der Waals surface area contributed by atoms with Crippen LogP contribution in [0.25, 0.3) is 0 Å². The summed E-state index contributed by atoms with van der Waals surface area (Å²) in [5.41, 5.74) is 1.25. The van der Waals surface area contributed by atoms with Crippen LogP contribution in [0.1, 0.15) is 99.3 Å². The summed E-state index contributed by atoms with van der Waals surface area (Å²) in [6.45, 7) is 18.3. The van der Waals surface area contributed by atoms with Gasteiger partial charge in [-0.25, -0.2) is 0 Å². The fourth-order valence-corrected chi connectivity index (χ4v) is 11.7. The highest BCUT2D eigenvalue weighted by molar-refractivity contribution is 6.00. The Labute approximate surface area is 218 Å². The molecule has 200 valence electrons. The smallest absolute Gasteiger partial charge is 0.312 e. The highest BCUT2D eigenvalue weighted by Crippen LogP contribution is 2.77. The van der Waals surface area contributed by atoms with E-state index < -0.39 is 5.41 Å². The maximum Gasteiger partial charge on any atom is 0.312 e. The van der Waals surface area contributed by atoms with Crippen LogP contribution in [-0.2, 0) is 14.3 Å². The number of hydrogen-bond donors (Lipinski definition) is 1. The van der Waals surface area contributed by atoms with E-state index in [2.05, 4.69) is 48.1 Å². The van der Waals surface area contributed by atoms with Crippen molar-refractivity contribution in [2.45, 2.75) is 99.3 Å². The van der Waals surface area contributed by atoms with Crippen LogP contribution in [0.4, 0.5) is 0 Å². The van der Waals surface area contributed by atoms with Gasteiger partial charge in [0.05, 0.1) is 18.8 Å². The number of aliphatic hydroxyl groups excluding tert-OH is 1. The number of esters is 1. The van der Waals surface area contributed by atoms with E-state index in [1.54, 1.807) is 7.11 Å². The van der Waals surface area contributed by atoms with Crippen LogP contribution >= 0.6 is 0 Å². The quantitative estimate of drug-likeness (QED) is 0.187. The van der Waals surface area contributed by atoms with Crippen LogP contribution in [0.2, 0.25) is 0 Å². The molecule has 5 aliphatic rings. The largest absolute Gasteiger partial charge is 0.515 e. The number of ether oxygens (including phenoxy) is 1. The zero-order chi connectivity index (χ0) is 26.5. The molecule has 1 N–H and O–H groups in total. The molecule has 0 spiro atoms. The van der Waals surface area contributed by atoms with E-state index in [0.717, 1.165) is 57.6 Å². The zero-order valence-corrected chi connectivity index (χ0v) is 23.7. The lowest BCUT2D eigenvalue weighted by atomic mass is 9.32. The van der Waals surface area contributed by atoms with Gasteiger partial charge in [0.25, 0.3) is 0 Å². The van der Waals surface area contributed by atoms with E-state index in [1.807, 2.05) is 0 Å². The Bertz CT molecular complexity index is 1020. The number of carbonyl (C=O) groups is 2. The van der Waals surface area contributed by atoms with Crippen molar-refractivity contribution in [3.8, 4) is 0 Å². The van der Waals surface area contributed by atoms with Gasteiger partial charge in [0, 0.05) is 11.0 Å². The molecule has 0 heterocycles. The highest BCUT2D eigenvalue weighted by Gasteiger charge is 2.72. The Morgan fingerprint density at radius 1 is 0.972 bits per heavy atom. The first-order chi connectivity index (χ1) is 16.7. The van der Waals surface area contributed by atoms with E-state index in [0.29, 0.717) is 41.6 Å². The minimum atomic E-state index is -0.455. The number of aliphatic hydroxyl groups is 1. The van der Waals surface area contributed by atoms with E-state index in [4.69, 9.17) is 4.74 Å². The van der Waals surface area contributed by atoms with Gasteiger partial charge in [0.1, 0.15) is 0 Å². The van der Waals surface area contributed by atoms with Crippen molar-refractivity contribution >= 4 is 11.8 Å². The summed E-state index contributed by atoms with van der Waals surface area (Å²) in [6, 6.07) is 0. The first-order valence-electron chi connectivity index (χ1n) is 14.4. The molecule has 36 heavy (non-hydrogen) atoms. The van der Waals surface area contributed by atoms with Crippen molar-refractivity contribution in [3.63, 3.8) is 0 Å². The number of allylic oxidation sites excluding steroid dienone is 2. The van der Waals surface area contributed by atoms with Crippen LogP contribution in [0.15, 0.2) is 24.0 Å². The second-order valence-electron chi connectivity index (χ2n) is 14.7. The molecule has 0 aromatic carbocycles. The van der Waals surface area contributed by atoms with Gasteiger partial charge >= 0.3 is 5.97 Å². The lowest BCUT2D eigenvalue weighted by Gasteiger charge is -2.72. The van der Waals surface area contributed by atoms with Gasteiger partial charge < -0.3 is 9.84 Å².